The van der Waals surface area contributed by atoms with Crippen LogP contribution in [0.4, 0.5) is 0 Å². The predicted octanol–water partition coefficient (Wildman–Crippen LogP) is 3.72. The second-order valence-electron chi connectivity index (χ2n) is 3.51. The van der Waals surface area contributed by atoms with Crippen LogP contribution in [0.1, 0.15) is 13.8 Å². The van der Waals surface area contributed by atoms with Crippen molar-refractivity contribution in [2.45, 2.75) is 20.0 Å². The molecular weight excluding hydrogens is 242 g/mol. The van der Waals surface area contributed by atoms with E-state index in [1.807, 2.05) is 38.2 Å². The first-order valence-electron chi connectivity index (χ1n) is 4.60. The van der Waals surface area contributed by atoms with Gasteiger partial charge in [0.25, 0.3) is 0 Å². The van der Waals surface area contributed by atoms with Gasteiger partial charge in [0.15, 0.2) is 0 Å². The quantitative estimate of drug-likeness (QED) is 0.868. The number of ether oxygens (including phenoxy) is 1. The lowest BCUT2D eigenvalue weighted by Gasteiger charge is -2.09. The van der Waals surface area contributed by atoms with Crippen LogP contribution in [0.3, 0.4) is 0 Å². The average Bonchev–Trinajstić information content (AvgIpc) is 2.47. The van der Waals surface area contributed by atoms with Gasteiger partial charge in [0.05, 0.1) is 6.10 Å². The second-order valence-corrected chi connectivity index (χ2v) is 4.36. The van der Waals surface area contributed by atoms with E-state index in [4.69, 9.17) is 4.74 Å². The van der Waals surface area contributed by atoms with Crippen molar-refractivity contribution in [2.24, 2.45) is 0 Å². The molecule has 0 fully saturated rings. The lowest BCUT2D eigenvalue weighted by atomic mass is 10.2. The minimum Gasteiger partial charge on any atom is -0.491 e. The van der Waals surface area contributed by atoms with E-state index < -0.39 is 0 Å². The third-order valence-corrected chi connectivity index (χ3v) is 2.63. The Balaban J connectivity index is 2.44. The highest BCUT2D eigenvalue weighted by Crippen LogP contribution is 2.27. The van der Waals surface area contributed by atoms with Gasteiger partial charge in [-0.1, -0.05) is 0 Å². The van der Waals surface area contributed by atoms with Crippen molar-refractivity contribution >= 4 is 26.8 Å². The molecule has 74 valence electrons. The monoisotopic (exact) mass is 253 g/mol. The second kappa shape index (κ2) is 3.65. The van der Waals surface area contributed by atoms with Gasteiger partial charge >= 0.3 is 0 Å². The smallest absolute Gasteiger partial charge is 0.120 e. The highest BCUT2D eigenvalue weighted by molar-refractivity contribution is 9.10. The summed E-state index contributed by atoms with van der Waals surface area (Å²) in [5, 5.41) is 1.16. The molecule has 0 bridgehead atoms. The molecule has 14 heavy (non-hydrogen) atoms. The number of hydrogen-bond donors (Lipinski definition) is 1. The molecule has 2 rings (SSSR count). The molecule has 0 aliphatic heterocycles. The van der Waals surface area contributed by atoms with Crippen LogP contribution in [0.5, 0.6) is 5.75 Å². The molecule has 0 saturated heterocycles. The van der Waals surface area contributed by atoms with Gasteiger partial charge < -0.3 is 9.72 Å². The lowest BCUT2D eigenvalue weighted by Crippen LogP contribution is -2.05. The van der Waals surface area contributed by atoms with Crippen molar-refractivity contribution in [1.82, 2.24) is 4.98 Å². The van der Waals surface area contributed by atoms with E-state index in [2.05, 4.69) is 20.9 Å². The molecule has 0 spiro atoms. The Bertz CT molecular complexity index is 447. The summed E-state index contributed by atoms with van der Waals surface area (Å²) in [6.45, 7) is 4.05. The Hall–Kier alpha value is -0.960. The number of H-pyrrole nitrogens is 1. The number of aromatic amines is 1. The molecule has 3 heteroatoms. The van der Waals surface area contributed by atoms with Gasteiger partial charge in [-0.15, -0.1) is 0 Å². The number of nitrogens with one attached hydrogen (secondary N) is 1. The van der Waals surface area contributed by atoms with Crippen molar-refractivity contribution in [3.63, 3.8) is 0 Å². The zero-order valence-electron chi connectivity index (χ0n) is 8.17. The van der Waals surface area contributed by atoms with E-state index >= 15 is 0 Å². The molecule has 0 atom stereocenters. The Morgan fingerprint density at radius 1 is 1.36 bits per heavy atom. The zero-order valence-corrected chi connectivity index (χ0v) is 9.76. The zero-order chi connectivity index (χ0) is 10.1. The number of rotatable bonds is 2. The molecule has 0 saturated carbocycles. The lowest BCUT2D eigenvalue weighted by molar-refractivity contribution is 0.243. The van der Waals surface area contributed by atoms with Gasteiger partial charge in [-0.2, -0.15) is 0 Å². The topological polar surface area (TPSA) is 25.0 Å². The largest absolute Gasteiger partial charge is 0.491 e. The molecule has 2 nitrogen and oxygen atoms in total. The Morgan fingerprint density at radius 2 is 2.14 bits per heavy atom. The van der Waals surface area contributed by atoms with E-state index in [0.29, 0.717) is 0 Å². The molecule has 0 aliphatic carbocycles. The van der Waals surface area contributed by atoms with Crippen molar-refractivity contribution in [2.75, 3.05) is 0 Å². The van der Waals surface area contributed by atoms with Crippen LogP contribution >= 0.6 is 15.9 Å². The van der Waals surface area contributed by atoms with Gasteiger partial charge in [0.2, 0.25) is 0 Å². The summed E-state index contributed by atoms with van der Waals surface area (Å²) >= 11 is 3.48. The molecule has 1 aromatic heterocycles. The van der Waals surface area contributed by atoms with Crippen molar-refractivity contribution in [1.29, 1.82) is 0 Å². The minimum absolute atomic E-state index is 0.213. The van der Waals surface area contributed by atoms with Crippen LogP contribution in [-0.4, -0.2) is 11.1 Å². The molecule has 0 aliphatic rings. The van der Waals surface area contributed by atoms with E-state index in [9.17, 15) is 0 Å². The fourth-order valence-electron chi connectivity index (χ4n) is 1.41. The summed E-state index contributed by atoms with van der Waals surface area (Å²) in [4.78, 5) is 3.17. The number of halogens is 1. The van der Waals surface area contributed by atoms with Crippen LogP contribution in [0.25, 0.3) is 10.9 Å². The summed E-state index contributed by atoms with van der Waals surface area (Å²) in [6, 6.07) is 6.04. The Morgan fingerprint density at radius 3 is 2.86 bits per heavy atom. The van der Waals surface area contributed by atoms with E-state index in [1.54, 1.807) is 0 Å². The van der Waals surface area contributed by atoms with E-state index in [1.165, 1.54) is 0 Å². The molecule has 1 N–H and O–H groups in total. The maximum absolute atomic E-state index is 5.61. The molecule has 0 amide bonds. The first-order valence-corrected chi connectivity index (χ1v) is 5.39. The van der Waals surface area contributed by atoms with Crippen LogP contribution in [0.2, 0.25) is 0 Å². The fourth-order valence-corrected chi connectivity index (χ4v) is 1.85. The van der Waals surface area contributed by atoms with Crippen LogP contribution in [-0.2, 0) is 0 Å². The van der Waals surface area contributed by atoms with E-state index in [0.717, 1.165) is 21.1 Å². The first kappa shape index (κ1) is 9.59. The summed E-state index contributed by atoms with van der Waals surface area (Å²) in [5.41, 5.74) is 1.12. The van der Waals surface area contributed by atoms with Gasteiger partial charge in [-0.3, -0.25) is 0 Å². The highest BCUT2D eigenvalue weighted by Gasteiger charge is 2.03. The summed E-state index contributed by atoms with van der Waals surface area (Å²) in [6.07, 6.45) is 2.15. The Kier molecular flexibility index (Phi) is 2.50. The molecule has 0 radical (unpaired) electrons. The van der Waals surface area contributed by atoms with Gasteiger partial charge in [-0.05, 0) is 48.0 Å². The van der Waals surface area contributed by atoms with Crippen molar-refractivity contribution < 1.29 is 4.74 Å². The predicted molar refractivity (Wildman–Crippen MR) is 61.8 cm³/mol. The maximum Gasteiger partial charge on any atom is 0.120 e. The molecule has 0 unspecified atom stereocenters. The van der Waals surface area contributed by atoms with Crippen molar-refractivity contribution in [3.8, 4) is 5.75 Å². The normalized spacial score (nSPS) is 11.1. The van der Waals surface area contributed by atoms with Crippen LogP contribution < -0.4 is 4.74 Å². The van der Waals surface area contributed by atoms with Gasteiger partial charge in [0.1, 0.15) is 5.75 Å². The number of aromatic nitrogens is 1. The molecule has 2 aromatic rings. The number of hydrogen-bond acceptors (Lipinski definition) is 1. The fraction of sp³-hybridized carbons (Fsp3) is 0.273. The molecular formula is C11H12BrNO. The number of benzene rings is 1. The Labute approximate surface area is 91.4 Å². The summed E-state index contributed by atoms with van der Waals surface area (Å²) in [5.74, 6) is 0.910. The summed E-state index contributed by atoms with van der Waals surface area (Å²) < 4.78 is 6.68. The molecule has 1 heterocycles. The van der Waals surface area contributed by atoms with Crippen molar-refractivity contribution in [3.05, 3.63) is 28.9 Å². The SMILES string of the molecule is CC(C)Oc1ccc2[nH]cc(Br)c2c1. The standard InChI is InChI=1S/C11H12BrNO/c1-7(2)14-8-3-4-11-9(5-8)10(12)6-13-11/h3-7,13H,1-2H3. The third-order valence-electron chi connectivity index (χ3n) is 1.97. The maximum atomic E-state index is 5.61. The van der Waals surface area contributed by atoms with Crippen LogP contribution in [0, 0.1) is 0 Å². The van der Waals surface area contributed by atoms with E-state index in [-0.39, 0.29) is 6.10 Å². The molecule has 1 aromatic carbocycles. The highest BCUT2D eigenvalue weighted by atomic mass is 79.9. The van der Waals surface area contributed by atoms with Crippen LogP contribution in [0.15, 0.2) is 28.9 Å². The summed E-state index contributed by atoms with van der Waals surface area (Å²) in [7, 11) is 0. The third kappa shape index (κ3) is 1.77. The number of fused-ring (bicyclic) bond motifs is 1. The minimum atomic E-state index is 0.213. The van der Waals surface area contributed by atoms with Gasteiger partial charge in [-0.25, -0.2) is 0 Å². The van der Waals surface area contributed by atoms with Gasteiger partial charge in [0, 0.05) is 21.6 Å². The first-order chi connectivity index (χ1) is 6.66. The average molecular weight is 254 g/mol.